The van der Waals surface area contributed by atoms with Gasteiger partial charge < -0.3 is 42.7 Å². The largest absolute Gasteiger partial charge is 0.480 e. The first-order valence-electron chi connectivity index (χ1n) is 12.7. The van der Waals surface area contributed by atoms with Crippen molar-refractivity contribution in [2.45, 2.75) is 76.5 Å². The molecule has 0 aliphatic carbocycles. The van der Waals surface area contributed by atoms with Gasteiger partial charge in [0, 0.05) is 19.6 Å². The highest BCUT2D eigenvalue weighted by atomic mass is 16.4. The van der Waals surface area contributed by atoms with Crippen LogP contribution < -0.4 is 27.8 Å². The van der Waals surface area contributed by atoms with Crippen LogP contribution in [0.3, 0.4) is 0 Å². The lowest BCUT2D eigenvalue weighted by Gasteiger charge is -2.29. The third-order valence-electron chi connectivity index (χ3n) is 6.69. The number of hydrogen-bond acceptors (Lipinski definition) is 7. The van der Waals surface area contributed by atoms with E-state index >= 15 is 0 Å². The van der Waals surface area contributed by atoms with Crippen LogP contribution in [0.5, 0.6) is 0 Å². The molecule has 37 heavy (non-hydrogen) atoms. The molecule has 0 aromatic heterocycles. The fraction of sp³-hybridized carbons (Fsp3) is 0.739. The van der Waals surface area contributed by atoms with E-state index in [0.29, 0.717) is 45.2 Å². The number of guanidine groups is 1. The minimum Gasteiger partial charge on any atom is -0.480 e. The highest BCUT2D eigenvalue weighted by Crippen LogP contribution is 2.21. The molecule has 0 saturated carbocycles. The molecule has 2 rings (SSSR count). The summed E-state index contributed by atoms with van der Waals surface area (Å²) in [5, 5.41) is 14.5. The maximum absolute atomic E-state index is 12.9. The van der Waals surface area contributed by atoms with Gasteiger partial charge in [0.1, 0.15) is 18.1 Å². The molecule has 0 bridgehead atoms. The molecule has 2 heterocycles. The molecule has 14 nitrogen and oxygen atoms in total. The molecule has 0 aromatic rings. The number of carboxylic acids is 1. The van der Waals surface area contributed by atoms with Crippen LogP contribution in [0.2, 0.25) is 0 Å². The summed E-state index contributed by atoms with van der Waals surface area (Å²) in [5.41, 5.74) is 16.5. The van der Waals surface area contributed by atoms with E-state index in [2.05, 4.69) is 15.6 Å². The Bertz CT molecular complexity index is 890. The van der Waals surface area contributed by atoms with Gasteiger partial charge in [-0.15, -0.1) is 0 Å². The maximum atomic E-state index is 12.9. The molecule has 2 aliphatic rings. The number of aliphatic imine (C=N–C) groups is 1. The van der Waals surface area contributed by atoms with Crippen molar-refractivity contribution in [1.82, 2.24) is 20.4 Å². The summed E-state index contributed by atoms with van der Waals surface area (Å²) >= 11 is 0. The molecule has 0 radical (unpaired) electrons. The van der Waals surface area contributed by atoms with Crippen LogP contribution >= 0.6 is 0 Å². The molecule has 2 saturated heterocycles. The molecule has 208 valence electrons. The predicted molar refractivity (Wildman–Crippen MR) is 135 cm³/mol. The number of rotatable bonds is 12. The summed E-state index contributed by atoms with van der Waals surface area (Å²) < 4.78 is 0. The zero-order valence-corrected chi connectivity index (χ0v) is 21.5. The number of carboxylic acid groups (broad SMARTS) is 1. The van der Waals surface area contributed by atoms with E-state index < -0.39 is 47.9 Å². The Kier molecular flexibility index (Phi) is 11.1. The third kappa shape index (κ3) is 8.30. The number of nitrogens with one attached hydrogen (secondary N) is 2. The molecule has 2 aliphatic heterocycles. The van der Waals surface area contributed by atoms with Gasteiger partial charge in [0.25, 0.3) is 0 Å². The van der Waals surface area contributed by atoms with E-state index in [0.717, 1.165) is 0 Å². The number of nitrogens with zero attached hydrogens (tertiary/aromatic N) is 3. The van der Waals surface area contributed by atoms with Gasteiger partial charge in [-0.3, -0.25) is 24.2 Å². The number of carbonyl (C=O) groups is 5. The summed E-state index contributed by atoms with van der Waals surface area (Å²) in [7, 11) is 0. The molecule has 4 amide bonds. The SMILES string of the molecule is CC(C)C(N)C(=O)N1CCCC1C(=O)NCC(=O)N1CCCC1C(=O)NC(CCCN=C(N)N)C(=O)O. The van der Waals surface area contributed by atoms with Crippen molar-refractivity contribution in [2.75, 3.05) is 26.2 Å². The van der Waals surface area contributed by atoms with E-state index in [1.54, 1.807) is 0 Å². The fourth-order valence-corrected chi connectivity index (χ4v) is 4.53. The Labute approximate surface area is 216 Å². The average Bonchev–Trinajstić information content (AvgIpc) is 3.53. The zero-order chi connectivity index (χ0) is 27.7. The normalized spacial score (nSPS) is 20.9. The highest BCUT2D eigenvalue weighted by Gasteiger charge is 2.38. The quantitative estimate of drug-likeness (QED) is 0.0914. The second-order valence-electron chi connectivity index (χ2n) is 9.77. The van der Waals surface area contributed by atoms with Gasteiger partial charge in [-0.1, -0.05) is 13.8 Å². The fourth-order valence-electron chi connectivity index (χ4n) is 4.53. The third-order valence-corrected chi connectivity index (χ3v) is 6.69. The van der Waals surface area contributed by atoms with Crippen LogP contribution in [0, 0.1) is 5.92 Å². The van der Waals surface area contributed by atoms with Crippen LogP contribution in [0.1, 0.15) is 52.4 Å². The van der Waals surface area contributed by atoms with Crippen molar-refractivity contribution in [3.05, 3.63) is 0 Å². The summed E-state index contributed by atoms with van der Waals surface area (Å²) in [6.45, 7) is 4.30. The molecule has 4 unspecified atom stereocenters. The van der Waals surface area contributed by atoms with Crippen LogP contribution in [-0.2, 0) is 24.0 Å². The highest BCUT2D eigenvalue weighted by molar-refractivity contribution is 5.94. The maximum Gasteiger partial charge on any atom is 0.326 e. The van der Waals surface area contributed by atoms with Crippen LogP contribution in [0.4, 0.5) is 0 Å². The van der Waals surface area contributed by atoms with Gasteiger partial charge in [-0.25, -0.2) is 4.79 Å². The average molecular weight is 525 g/mol. The minimum atomic E-state index is -1.20. The molecule has 9 N–H and O–H groups in total. The summed E-state index contributed by atoms with van der Waals surface area (Å²) in [4.78, 5) is 69.3. The van der Waals surface area contributed by atoms with Crippen molar-refractivity contribution in [3.63, 3.8) is 0 Å². The van der Waals surface area contributed by atoms with Crippen molar-refractivity contribution in [2.24, 2.45) is 28.1 Å². The van der Waals surface area contributed by atoms with Crippen molar-refractivity contribution in [3.8, 4) is 0 Å². The standard InChI is InChI=1S/C23H40N8O6/c1-13(2)18(24)21(35)31-11-5-7-15(31)19(33)28-12-17(32)30-10-4-8-16(30)20(34)29-14(22(36)37)6-3-9-27-23(25)26/h13-16,18H,3-12,24H2,1-2H3,(H,28,33)(H,29,34)(H,36,37)(H4,25,26,27). The summed E-state index contributed by atoms with van der Waals surface area (Å²) in [5.74, 6) is -3.13. The Morgan fingerprint density at radius 3 is 2.16 bits per heavy atom. The van der Waals surface area contributed by atoms with Crippen molar-refractivity contribution in [1.29, 1.82) is 0 Å². The second kappa shape index (κ2) is 13.8. The smallest absolute Gasteiger partial charge is 0.326 e. The molecular weight excluding hydrogens is 484 g/mol. The Morgan fingerprint density at radius 2 is 1.59 bits per heavy atom. The van der Waals surface area contributed by atoms with E-state index in [1.165, 1.54) is 9.80 Å². The van der Waals surface area contributed by atoms with Gasteiger partial charge in [0.2, 0.25) is 23.6 Å². The van der Waals surface area contributed by atoms with Crippen LogP contribution in [0.25, 0.3) is 0 Å². The topological polar surface area (TPSA) is 227 Å². The number of hydrogen-bond donors (Lipinski definition) is 6. The number of carbonyl (C=O) groups excluding carboxylic acids is 4. The van der Waals surface area contributed by atoms with Gasteiger partial charge in [-0.2, -0.15) is 0 Å². The number of nitrogens with two attached hydrogens (primary N) is 3. The van der Waals surface area contributed by atoms with E-state index in [-0.39, 0.29) is 37.3 Å². The zero-order valence-electron chi connectivity index (χ0n) is 21.5. The molecule has 14 heteroatoms. The predicted octanol–water partition coefficient (Wildman–Crippen LogP) is -2.31. The molecule has 0 spiro atoms. The Hall–Kier alpha value is -3.42. The summed E-state index contributed by atoms with van der Waals surface area (Å²) in [6.07, 6.45) is 2.55. The Morgan fingerprint density at radius 1 is 1.00 bits per heavy atom. The first kappa shape index (κ1) is 29.8. The number of likely N-dealkylation sites (tertiary alicyclic amines) is 2. The molecular formula is C23H40N8O6. The van der Waals surface area contributed by atoms with E-state index in [4.69, 9.17) is 17.2 Å². The van der Waals surface area contributed by atoms with Crippen molar-refractivity contribution >= 4 is 35.6 Å². The second-order valence-corrected chi connectivity index (χ2v) is 9.77. The van der Waals surface area contributed by atoms with Crippen LogP contribution in [-0.4, -0.2) is 101 Å². The minimum absolute atomic E-state index is 0.0735. The molecule has 2 fully saturated rings. The van der Waals surface area contributed by atoms with E-state index in [9.17, 15) is 29.1 Å². The number of aliphatic carboxylic acids is 1. The van der Waals surface area contributed by atoms with Crippen LogP contribution in [0.15, 0.2) is 4.99 Å². The first-order valence-corrected chi connectivity index (χ1v) is 12.7. The lowest BCUT2D eigenvalue weighted by Crippen LogP contribution is -2.55. The lowest BCUT2D eigenvalue weighted by molar-refractivity contribution is -0.144. The lowest BCUT2D eigenvalue weighted by atomic mass is 10.0. The van der Waals surface area contributed by atoms with Gasteiger partial charge >= 0.3 is 5.97 Å². The molecule has 4 atom stereocenters. The summed E-state index contributed by atoms with van der Waals surface area (Å²) in [6, 6.07) is -3.39. The molecule has 0 aromatic carbocycles. The van der Waals surface area contributed by atoms with Crippen molar-refractivity contribution < 1.29 is 29.1 Å². The van der Waals surface area contributed by atoms with Gasteiger partial charge in [-0.05, 0) is 44.4 Å². The van der Waals surface area contributed by atoms with E-state index in [1.807, 2.05) is 13.8 Å². The number of amides is 4. The first-order chi connectivity index (χ1) is 17.4. The van der Waals surface area contributed by atoms with Gasteiger partial charge in [0.15, 0.2) is 5.96 Å². The van der Waals surface area contributed by atoms with Gasteiger partial charge in [0.05, 0.1) is 12.6 Å². The monoisotopic (exact) mass is 524 g/mol. The Balaban J connectivity index is 1.91.